The lowest BCUT2D eigenvalue weighted by Gasteiger charge is -2.13. The lowest BCUT2D eigenvalue weighted by molar-refractivity contribution is -0.643. The summed E-state index contributed by atoms with van der Waals surface area (Å²) in [6.07, 6.45) is 3.32. The number of hydrogen-bond acceptors (Lipinski definition) is 0. The SMILES string of the molecule is Cc1cc2c3cc(CC(C)C)ccc3n3c4cccc5cc[n+](C)c(c(c1C)c23)c54. The fraction of sp³-hybridized carbons (Fsp3) is 0.250. The smallest absolute Gasteiger partial charge is 0.224 e. The van der Waals surface area contributed by atoms with Crippen molar-refractivity contribution in [3.05, 3.63) is 71.4 Å². The molecular weight excluding hydrogens is 364 g/mol. The van der Waals surface area contributed by atoms with E-state index in [1.807, 2.05) is 0 Å². The molecule has 0 aliphatic rings. The number of aryl methyl sites for hydroxylation is 3. The van der Waals surface area contributed by atoms with Gasteiger partial charge in [0, 0.05) is 16.8 Å². The Bertz CT molecular complexity index is 1620. The third kappa shape index (κ3) is 2.17. The highest BCUT2D eigenvalue weighted by Crippen LogP contribution is 2.41. The first-order chi connectivity index (χ1) is 14.5. The maximum atomic E-state index is 2.51. The lowest BCUT2D eigenvalue weighted by Crippen LogP contribution is -2.29. The lowest BCUT2D eigenvalue weighted by atomic mass is 9.96. The van der Waals surface area contributed by atoms with Crippen molar-refractivity contribution in [3.63, 3.8) is 0 Å². The van der Waals surface area contributed by atoms with Crippen LogP contribution in [0, 0.1) is 19.8 Å². The van der Waals surface area contributed by atoms with E-state index in [0.717, 1.165) is 6.42 Å². The first-order valence-corrected chi connectivity index (χ1v) is 10.9. The number of pyridine rings is 2. The van der Waals surface area contributed by atoms with Gasteiger partial charge in [0.2, 0.25) is 5.52 Å². The second kappa shape index (κ2) is 5.95. The Hall–Kier alpha value is -3.13. The first-order valence-electron chi connectivity index (χ1n) is 10.9. The molecule has 6 rings (SSSR count). The van der Waals surface area contributed by atoms with Crippen molar-refractivity contribution in [2.45, 2.75) is 34.1 Å². The minimum atomic E-state index is 0.656. The van der Waals surface area contributed by atoms with Gasteiger partial charge in [-0.05, 0) is 72.5 Å². The zero-order chi connectivity index (χ0) is 20.7. The summed E-state index contributed by atoms with van der Waals surface area (Å²) < 4.78 is 4.82. The van der Waals surface area contributed by atoms with Crippen molar-refractivity contribution in [2.24, 2.45) is 13.0 Å². The Morgan fingerprint density at radius 3 is 2.53 bits per heavy atom. The van der Waals surface area contributed by atoms with Gasteiger partial charge in [-0.1, -0.05) is 32.0 Å². The van der Waals surface area contributed by atoms with E-state index in [1.165, 1.54) is 65.7 Å². The van der Waals surface area contributed by atoms with Gasteiger partial charge in [-0.2, -0.15) is 0 Å². The summed E-state index contributed by atoms with van der Waals surface area (Å²) in [5.41, 5.74) is 9.48. The topological polar surface area (TPSA) is 8.29 Å². The van der Waals surface area contributed by atoms with Crippen LogP contribution in [0.1, 0.15) is 30.5 Å². The quantitative estimate of drug-likeness (QED) is 0.178. The predicted molar refractivity (Wildman–Crippen MR) is 128 cm³/mol. The number of hydrogen-bond donors (Lipinski definition) is 0. The van der Waals surface area contributed by atoms with Crippen molar-refractivity contribution in [1.82, 2.24) is 4.40 Å². The average molecular weight is 392 g/mol. The summed E-state index contributed by atoms with van der Waals surface area (Å²) in [5, 5.41) is 6.80. The second-order valence-corrected chi connectivity index (χ2v) is 9.39. The molecule has 0 fully saturated rings. The van der Waals surface area contributed by atoms with Crippen LogP contribution >= 0.6 is 0 Å². The molecule has 0 saturated carbocycles. The summed E-state index contributed by atoms with van der Waals surface area (Å²) in [7, 11) is 2.18. The van der Waals surface area contributed by atoms with E-state index < -0.39 is 0 Å². The molecule has 148 valence electrons. The third-order valence-corrected chi connectivity index (χ3v) is 6.90. The maximum Gasteiger partial charge on any atom is 0.224 e. The molecule has 0 bridgehead atoms. The molecular formula is C28H27N2+. The third-order valence-electron chi connectivity index (χ3n) is 6.90. The fourth-order valence-electron chi connectivity index (χ4n) is 5.48. The Balaban J connectivity index is 1.97. The van der Waals surface area contributed by atoms with E-state index in [2.05, 4.69) is 98.4 Å². The second-order valence-electron chi connectivity index (χ2n) is 9.39. The minimum Gasteiger partial charge on any atom is -0.307 e. The molecule has 2 heteroatoms. The van der Waals surface area contributed by atoms with E-state index in [4.69, 9.17) is 0 Å². The first kappa shape index (κ1) is 17.7. The van der Waals surface area contributed by atoms with Crippen molar-refractivity contribution in [2.75, 3.05) is 0 Å². The molecule has 0 atom stereocenters. The van der Waals surface area contributed by atoms with Crippen molar-refractivity contribution >= 4 is 49.0 Å². The van der Waals surface area contributed by atoms with Crippen LogP contribution in [-0.2, 0) is 13.5 Å². The van der Waals surface area contributed by atoms with E-state index in [-0.39, 0.29) is 0 Å². The zero-order valence-corrected chi connectivity index (χ0v) is 18.4. The van der Waals surface area contributed by atoms with Crippen LogP contribution in [0.25, 0.3) is 49.0 Å². The van der Waals surface area contributed by atoms with Crippen LogP contribution in [0.5, 0.6) is 0 Å². The minimum absolute atomic E-state index is 0.656. The standard InChI is InChI=1S/C28H27N2/c1-16(2)13-19-9-10-23-21(15-19)22-14-17(3)18(4)25-27(22)30(23)24-8-6-7-20-11-12-29(5)28(25)26(20)24/h6-12,14-16H,13H2,1-5H3/q+1. The van der Waals surface area contributed by atoms with Crippen molar-refractivity contribution in [3.8, 4) is 0 Å². The van der Waals surface area contributed by atoms with Gasteiger partial charge in [0.1, 0.15) is 7.05 Å². The van der Waals surface area contributed by atoms with Gasteiger partial charge in [-0.15, -0.1) is 0 Å². The summed E-state index contributed by atoms with van der Waals surface area (Å²) >= 11 is 0. The molecule has 30 heavy (non-hydrogen) atoms. The van der Waals surface area contributed by atoms with Gasteiger partial charge in [-0.25, -0.2) is 4.57 Å². The van der Waals surface area contributed by atoms with Crippen LogP contribution in [0.15, 0.2) is 54.7 Å². The van der Waals surface area contributed by atoms with Crippen LogP contribution in [0.2, 0.25) is 0 Å². The molecule has 2 nitrogen and oxygen atoms in total. The normalized spacial score (nSPS) is 12.6. The van der Waals surface area contributed by atoms with Crippen molar-refractivity contribution < 1.29 is 4.57 Å². The Morgan fingerprint density at radius 2 is 1.73 bits per heavy atom. The fourth-order valence-corrected chi connectivity index (χ4v) is 5.48. The van der Waals surface area contributed by atoms with Gasteiger partial charge in [0.15, 0.2) is 6.20 Å². The maximum absolute atomic E-state index is 2.51. The number of benzene rings is 3. The monoisotopic (exact) mass is 391 g/mol. The highest BCUT2D eigenvalue weighted by atomic mass is 15.0. The highest BCUT2D eigenvalue weighted by Gasteiger charge is 2.24. The molecule has 0 unspecified atom stereocenters. The molecule has 0 spiro atoms. The van der Waals surface area contributed by atoms with Gasteiger partial charge in [0.05, 0.1) is 27.3 Å². The molecule has 0 aliphatic carbocycles. The number of nitrogens with zero attached hydrogens (tertiary/aromatic N) is 2. The van der Waals surface area contributed by atoms with Gasteiger partial charge >= 0.3 is 0 Å². The van der Waals surface area contributed by atoms with Gasteiger partial charge in [0.25, 0.3) is 0 Å². The van der Waals surface area contributed by atoms with E-state index in [1.54, 1.807) is 0 Å². The highest BCUT2D eigenvalue weighted by molar-refractivity contribution is 6.26. The molecule has 0 amide bonds. The predicted octanol–water partition coefficient (Wildman–Crippen LogP) is 6.63. The Kier molecular flexibility index (Phi) is 3.51. The van der Waals surface area contributed by atoms with Crippen LogP contribution in [-0.4, -0.2) is 4.40 Å². The number of rotatable bonds is 2. The van der Waals surface area contributed by atoms with Crippen LogP contribution in [0.4, 0.5) is 0 Å². The van der Waals surface area contributed by atoms with E-state index in [0.29, 0.717) is 5.92 Å². The molecule has 3 heterocycles. The summed E-state index contributed by atoms with van der Waals surface area (Å²) in [5.74, 6) is 0.656. The van der Waals surface area contributed by atoms with E-state index in [9.17, 15) is 0 Å². The number of fused-ring (bicyclic) bond motifs is 5. The Morgan fingerprint density at radius 1 is 0.900 bits per heavy atom. The molecule has 3 aromatic heterocycles. The summed E-state index contributed by atoms with van der Waals surface area (Å²) in [6, 6.07) is 18.5. The van der Waals surface area contributed by atoms with Crippen LogP contribution in [0.3, 0.4) is 0 Å². The Labute approximate surface area is 176 Å². The van der Waals surface area contributed by atoms with Crippen molar-refractivity contribution in [1.29, 1.82) is 0 Å². The molecule has 3 aromatic carbocycles. The summed E-state index contributed by atoms with van der Waals surface area (Å²) in [6.45, 7) is 9.13. The number of aromatic nitrogens is 2. The summed E-state index contributed by atoms with van der Waals surface area (Å²) in [4.78, 5) is 0. The molecule has 6 aromatic rings. The zero-order valence-electron chi connectivity index (χ0n) is 18.4. The molecule has 0 saturated heterocycles. The molecule has 0 N–H and O–H groups in total. The van der Waals surface area contributed by atoms with Gasteiger partial charge in [-0.3, -0.25) is 0 Å². The molecule has 0 radical (unpaired) electrons. The average Bonchev–Trinajstić information content (AvgIpc) is 3.03. The van der Waals surface area contributed by atoms with Gasteiger partial charge < -0.3 is 4.40 Å². The van der Waals surface area contributed by atoms with Crippen LogP contribution < -0.4 is 4.57 Å². The molecule has 0 aliphatic heterocycles. The largest absolute Gasteiger partial charge is 0.307 e. The van der Waals surface area contributed by atoms with E-state index >= 15 is 0 Å².